The quantitative estimate of drug-likeness (QED) is 0.814. The van der Waals surface area contributed by atoms with Gasteiger partial charge in [0.1, 0.15) is 16.9 Å². The van der Waals surface area contributed by atoms with E-state index in [0.717, 1.165) is 18.6 Å². The van der Waals surface area contributed by atoms with Crippen LogP contribution in [0.1, 0.15) is 46.4 Å². The maximum atomic E-state index is 11.0. The summed E-state index contributed by atoms with van der Waals surface area (Å²) in [6.07, 6.45) is 1.60. The predicted octanol–water partition coefficient (Wildman–Crippen LogP) is 3.45. The van der Waals surface area contributed by atoms with E-state index < -0.39 is 12.1 Å². The molecule has 1 saturated heterocycles. The van der Waals surface area contributed by atoms with Crippen LogP contribution in [0.5, 0.6) is 5.75 Å². The molecule has 2 N–H and O–H groups in total. The van der Waals surface area contributed by atoms with E-state index in [1.807, 2.05) is 31.2 Å². The second-order valence-corrected chi connectivity index (χ2v) is 8.26. The normalized spacial score (nSPS) is 30.1. The smallest absolute Gasteiger partial charge is 0.355 e. The van der Waals surface area contributed by atoms with Crippen LogP contribution >= 0.6 is 11.3 Å². The Balaban J connectivity index is 1.38. The Labute approximate surface area is 161 Å². The summed E-state index contributed by atoms with van der Waals surface area (Å²) < 4.78 is 12.1. The topological polar surface area (TPSA) is 88.9 Å². The maximum Gasteiger partial charge on any atom is 0.355 e. The highest BCUT2D eigenvalue weighted by atomic mass is 32.1. The highest BCUT2D eigenvalue weighted by Crippen LogP contribution is 2.46. The number of thiazole rings is 1. The average Bonchev–Trinajstić information content (AvgIpc) is 3.25. The molecule has 4 rings (SSSR count). The van der Waals surface area contributed by atoms with Crippen molar-refractivity contribution in [1.82, 2.24) is 4.98 Å². The number of ether oxygens (including phenoxy) is 2. The fraction of sp³-hybridized carbons (Fsp3) is 0.500. The van der Waals surface area contributed by atoms with E-state index in [0.29, 0.717) is 18.0 Å². The first kappa shape index (κ1) is 18.4. The van der Waals surface area contributed by atoms with Crippen molar-refractivity contribution >= 4 is 17.3 Å². The van der Waals surface area contributed by atoms with Crippen molar-refractivity contribution in [2.75, 3.05) is 6.61 Å². The third-order valence-electron chi connectivity index (χ3n) is 5.58. The van der Waals surface area contributed by atoms with Gasteiger partial charge >= 0.3 is 5.97 Å². The summed E-state index contributed by atoms with van der Waals surface area (Å²) in [5, 5.41) is 21.8. The number of carboxylic acid groups (broad SMARTS) is 1. The molecule has 2 aliphatic rings. The van der Waals surface area contributed by atoms with E-state index in [1.54, 1.807) is 5.38 Å². The third-order valence-corrected chi connectivity index (χ3v) is 6.51. The number of aromatic carboxylic acids is 1. The molecule has 0 radical (unpaired) electrons. The number of aliphatic hydroxyl groups excluding tert-OH is 1. The summed E-state index contributed by atoms with van der Waals surface area (Å²) in [7, 11) is 0. The number of carbonyl (C=O) groups is 1. The van der Waals surface area contributed by atoms with Crippen molar-refractivity contribution in [2.45, 2.75) is 44.5 Å². The van der Waals surface area contributed by atoms with Gasteiger partial charge in [0.2, 0.25) is 0 Å². The van der Waals surface area contributed by atoms with E-state index in [4.69, 9.17) is 14.6 Å². The molecular formula is C20H23NO5S. The molecule has 2 heterocycles. The minimum absolute atomic E-state index is 0.0393. The fourth-order valence-corrected chi connectivity index (χ4v) is 4.97. The summed E-state index contributed by atoms with van der Waals surface area (Å²) in [6, 6.07) is 7.92. The van der Waals surface area contributed by atoms with E-state index in [2.05, 4.69) is 4.98 Å². The first-order valence-corrected chi connectivity index (χ1v) is 10.1. The molecule has 0 bridgehead atoms. The number of benzene rings is 1. The van der Waals surface area contributed by atoms with Gasteiger partial charge < -0.3 is 19.7 Å². The molecule has 1 aliphatic carbocycles. The molecule has 0 unspecified atom stereocenters. The van der Waals surface area contributed by atoms with Gasteiger partial charge in [-0.1, -0.05) is 17.7 Å². The van der Waals surface area contributed by atoms with Gasteiger partial charge in [0.25, 0.3) is 0 Å². The molecule has 5 atom stereocenters. The number of hydrogen-bond donors (Lipinski definition) is 2. The monoisotopic (exact) mass is 389 g/mol. The second-order valence-electron chi connectivity index (χ2n) is 7.37. The molecule has 27 heavy (non-hydrogen) atoms. The molecule has 1 saturated carbocycles. The maximum absolute atomic E-state index is 11.0. The molecule has 1 aromatic carbocycles. The average molecular weight is 389 g/mol. The Morgan fingerprint density at radius 3 is 2.81 bits per heavy atom. The Morgan fingerprint density at radius 1 is 1.33 bits per heavy atom. The largest absolute Gasteiger partial charge is 0.493 e. The number of nitrogens with zero attached hydrogens (tertiary/aromatic N) is 1. The van der Waals surface area contributed by atoms with Crippen molar-refractivity contribution in [3.8, 4) is 5.75 Å². The Hall–Kier alpha value is -1.96. The number of rotatable bonds is 5. The molecule has 144 valence electrons. The lowest BCUT2D eigenvalue weighted by atomic mass is 9.87. The van der Waals surface area contributed by atoms with Gasteiger partial charge in [-0.15, -0.1) is 11.3 Å². The van der Waals surface area contributed by atoms with Gasteiger partial charge in [0.15, 0.2) is 5.69 Å². The van der Waals surface area contributed by atoms with Gasteiger partial charge in [-0.25, -0.2) is 9.78 Å². The van der Waals surface area contributed by atoms with E-state index >= 15 is 0 Å². The van der Waals surface area contributed by atoms with Crippen LogP contribution in [0.4, 0.5) is 0 Å². The molecule has 1 aliphatic heterocycles. The van der Waals surface area contributed by atoms with E-state index in [1.165, 1.54) is 16.9 Å². The van der Waals surface area contributed by atoms with Crippen molar-refractivity contribution in [3.63, 3.8) is 0 Å². The number of hydrogen-bond acceptors (Lipinski definition) is 6. The fourth-order valence-electron chi connectivity index (χ4n) is 4.10. The molecule has 0 amide bonds. The summed E-state index contributed by atoms with van der Waals surface area (Å²) in [5.41, 5.74) is 1.25. The minimum atomic E-state index is -1.02. The van der Waals surface area contributed by atoms with Gasteiger partial charge in [-0.3, -0.25) is 0 Å². The lowest BCUT2D eigenvalue weighted by Crippen LogP contribution is -2.33. The summed E-state index contributed by atoms with van der Waals surface area (Å²) in [6.45, 7) is 2.51. The van der Waals surface area contributed by atoms with Gasteiger partial charge in [0.05, 0.1) is 18.8 Å². The van der Waals surface area contributed by atoms with Crippen molar-refractivity contribution in [2.24, 2.45) is 11.8 Å². The lowest BCUT2D eigenvalue weighted by Gasteiger charge is -2.33. The molecule has 0 spiro atoms. The number of aromatic nitrogens is 1. The van der Waals surface area contributed by atoms with Gasteiger partial charge in [-0.2, -0.15) is 0 Å². The minimum Gasteiger partial charge on any atom is -0.493 e. The van der Waals surface area contributed by atoms with Crippen LogP contribution in [-0.2, 0) is 4.74 Å². The van der Waals surface area contributed by atoms with Crippen LogP contribution in [0, 0.1) is 18.8 Å². The van der Waals surface area contributed by atoms with Crippen LogP contribution in [0.3, 0.4) is 0 Å². The Kier molecular flexibility index (Phi) is 5.16. The number of fused-ring (bicyclic) bond motifs is 1. The summed E-state index contributed by atoms with van der Waals surface area (Å²) in [5.74, 6) is 0.0920. The SMILES string of the molecule is Cc1ccc(OC[C@@H]2[C@H]3CC[C@H](c4nc(C(=O)O)cs4)O[C@H]3C[C@H]2O)cc1. The van der Waals surface area contributed by atoms with Crippen LogP contribution in [-0.4, -0.2) is 40.0 Å². The zero-order valence-electron chi connectivity index (χ0n) is 15.1. The van der Waals surface area contributed by atoms with Crippen LogP contribution < -0.4 is 4.74 Å². The first-order chi connectivity index (χ1) is 13.0. The summed E-state index contributed by atoms with van der Waals surface area (Å²) >= 11 is 1.32. The van der Waals surface area contributed by atoms with Gasteiger partial charge in [0, 0.05) is 17.7 Å². The highest BCUT2D eigenvalue weighted by molar-refractivity contribution is 7.09. The van der Waals surface area contributed by atoms with Crippen molar-refractivity contribution in [1.29, 1.82) is 0 Å². The van der Waals surface area contributed by atoms with Crippen LogP contribution in [0.15, 0.2) is 29.6 Å². The second kappa shape index (κ2) is 7.58. The molecular weight excluding hydrogens is 366 g/mol. The first-order valence-electron chi connectivity index (χ1n) is 9.23. The number of aliphatic hydroxyl groups is 1. The Morgan fingerprint density at radius 2 is 2.11 bits per heavy atom. The van der Waals surface area contributed by atoms with E-state index in [-0.39, 0.29) is 29.7 Å². The number of carboxylic acids is 1. The van der Waals surface area contributed by atoms with E-state index in [9.17, 15) is 9.90 Å². The van der Waals surface area contributed by atoms with Crippen molar-refractivity contribution in [3.05, 3.63) is 45.9 Å². The number of aryl methyl sites for hydroxylation is 1. The standard InChI is InChI=1S/C20H23NO5S/c1-11-2-4-12(5-3-11)25-9-14-13-6-7-17(26-18(13)8-16(14)22)19-21-15(10-27-19)20(23)24/h2-5,10,13-14,16-18,22H,6-9H2,1H3,(H,23,24)/t13-,14-,16-,17-,18+/m1/s1. The lowest BCUT2D eigenvalue weighted by molar-refractivity contribution is -0.0811. The molecule has 2 fully saturated rings. The zero-order valence-corrected chi connectivity index (χ0v) is 15.9. The van der Waals surface area contributed by atoms with Gasteiger partial charge in [-0.05, 0) is 37.8 Å². The highest BCUT2D eigenvalue weighted by Gasteiger charge is 2.47. The summed E-state index contributed by atoms with van der Waals surface area (Å²) in [4.78, 5) is 15.2. The van der Waals surface area contributed by atoms with Crippen LogP contribution in [0.25, 0.3) is 0 Å². The molecule has 7 heteroatoms. The van der Waals surface area contributed by atoms with Crippen LogP contribution in [0.2, 0.25) is 0 Å². The molecule has 6 nitrogen and oxygen atoms in total. The zero-order chi connectivity index (χ0) is 19.0. The third kappa shape index (κ3) is 3.85. The van der Waals surface area contributed by atoms with Crippen molar-refractivity contribution < 1.29 is 24.5 Å². The molecule has 2 aromatic rings. The molecule has 1 aromatic heterocycles. The predicted molar refractivity (Wildman–Crippen MR) is 100 cm³/mol. The Bertz CT molecular complexity index is 805.